The normalized spacial score (nSPS) is 14.2. The first-order valence-corrected chi connectivity index (χ1v) is 8.86. The molecule has 1 aliphatic rings. The number of piperazine rings is 1. The van der Waals surface area contributed by atoms with Gasteiger partial charge in [0.2, 0.25) is 0 Å². The molecule has 0 unspecified atom stereocenters. The van der Waals surface area contributed by atoms with E-state index in [1.807, 2.05) is 35.2 Å². The van der Waals surface area contributed by atoms with Gasteiger partial charge in [-0.05, 0) is 42.5 Å². The van der Waals surface area contributed by atoms with Crippen molar-refractivity contribution in [3.8, 4) is 11.4 Å². The summed E-state index contributed by atoms with van der Waals surface area (Å²) in [5.41, 5.74) is 1.59. The molecule has 1 amide bonds. The van der Waals surface area contributed by atoms with Crippen LogP contribution in [0.3, 0.4) is 0 Å². The van der Waals surface area contributed by atoms with Crippen molar-refractivity contribution in [2.24, 2.45) is 0 Å². The molecule has 4 rings (SSSR count). The number of carbonyl (C=O) groups excluding carboxylic acids is 1. The maximum Gasteiger partial charge on any atom is 0.254 e. The molecule has 28 heavy (non-hydrogen) atoms. The van der Waals surface area contributed by atoms with Gasteiger partial charge in [0.25, 0.3) is 5.91 Å². The van der Waals surface area contributed by atoms with Gasteiger partial charge in [0.05, 0.1) is 5.69 Å². The van der Waals surface area contributed by atoms with Gasteiger partial charge in [0, 0.05) is 37.9 Å². The summed E-state index contributed by atoms with van der Waals surface area (Å²) in [6, 6.07) is 12.5. The largest absolute Gasteiger partial charge is 0.352 e. The van der Waals surface area contributed by atoms with E-state index in [4.69, 9.17) is 0 Å². The van der Waals surface area contributed by atoms with Crippen LogP contribution in [0.4, 0.5) is 14.6 Å². The summed E-state index contributed by atoms with van der Waals surface area (Å²) >= 11 is 0. The van der Waals surface area contributed by atoms with Gasteiger partial charge in [-0.15, -0.1) is 10.2 Å². The van der Waals surface area contributed by atoms with Gasteiger partial charge in [-0.1, -0.05) is 6.07 Å². The highest BCUT2D eigenvalue weighted by Crippen LogP contribution is 2.18. The van der Waals surface area contributed by atoms with Crippen LogP contribution in [-0.4, -0.2) is 52.2 Å². The predicted molar refractivity (Wildman–Crippen MR) is 99.7 cm³/mol. The molecule has 1 aromatic carbocycles. The molecule has 0 saturated carbocycles. The average Bonchev–Trinajstić information content (AvgIpc) is 2.76. The minimum atomic E-state index is -1.02. The molecule has 0 spiro atoms. The number of nitrogens with zero attached hydrogens (tertiary/aromatic N) is 5. The Bertz CT molecular complexity index is 974. The third kappa shape index (κ3) is 3.66. The van der Waals surface area contributed by atoms with Crippen LogP contribution < -0.4 is 4.90 Å². The first-order chi connectivity index (χ1) is 13.6. The van der Waals surface area contributed by atoms with E-state index >= 15 is 0 Å². The summed E-state index contributed by atoms with van der Waals surface area (Å²) < 4.78 is 26.4. The number of rotatable bonds is 3. The number of hydrogen-bond donors (Lipinski definition) is 0. The second-order valence-corrected chi connectivity index (χ2v) is 6.40. The molecular formula is C20H17F2N5O. The first kappa shape index (κ1) is 18.0. The third-order valence-corrected chi connectivity index (χ3v) is 4.64. The van der Waals surface area contributed by atoms with E-state index in [-0.39, 0.29) is 11.5 Å². The molecule has 142 valence electrons. The predicted octanol–water partition coefficient (Wildman–Crippen LogP) is 2.78. The Hall–Kier alpha value is -3.42. The van der Waals surface area contributed by atoms with Crippen molar-refractivity contribution in [1.29, 1.82) is 0 Å². The fourth-order valence-corrected chi connectivity index (χ4v) is 3.10. The number of anilines is 1. The van der Waals surface area contributed by atoms with Gasteiger partial charge >= 0.3 is 0 Å². The van der Waals surface area contributed by atoms with Crippen molar-refractivity contribution in [2.45, 2.75) is 0 Å². The zero-order chi connectivity index (χ0) is 19.5. The van der Waals surface area contributed by atoms with E-state index < -0.39 is 11.6 Å². The number of benzene rings is 1. The highest BCUT2D eigenvalue weighted by atomic mass is 19.2. The molecule has 3 aromatic rings. The number of pyridine rings is 1. The molecule has 8 heteroatoms. The lowest BCUT2D eigenvalue weighted by Crippen LogP contribution is -2.49. The molecule has 0 bridgehead atoms. The summed E-state index contributed by atoms with van der Waals surface area (Å²) in [4.78, 5) is 20.4. The maximum absolute atomic E-state index is 13.4. The summed E-state index contributed by atoms with van der Waals surface area (Å²) in [6.45, 7) is 2.07. The smallest absolute Gasteiger partial charge is 0.254 e. The van der Waals surface area contributed by atoms with Gasteiger partial charge in [0.1, 0.15) is 5.69 Å². The maximum atomic E-state index is 13.4. The van der Waals surface area contributed by atoms with Gasteiger partial charge in [-0.2, -0.15) is 0 Å². The van der Waals surface area contributed by atoms with E-state index in [0.717, 1.165) is 23.6 Å². The Labute approximate surface area is 160 Å². The van der Waals surface area contributed by atoms with Crippen molar-refractivity contribution in [1.82, 2.24) is 20.1 Å². The van der Waals surface area contributed by atoms with Gasteiger partial charge in [-0.25, -0.2) is 8.78 Å². The summed E-state index contributed by atoms with van der Waals surface area (Å²) in [5.74, 6) is -1.57. The van der Waals surface area contributed by atoms with E-state index in [9.17, 15) is 13.6 Å². The molecule has 1 fully saturated rings. The van der Waals surface area contributed by atoms with Crippen LogP contribution in [0.25, 0.3) is 11.4 Å². The lowest BCUT2D eigenvalue weighted by atomic mass is 10.1. The number of amides is 1. The highest BCUT2D eigenvalue weighted by Gasteiger charge is 2.23. The Morgan fingerprint density at radius 3 is 2.32 bits per heavy atom. The summed E-state index contributed by atoms with van der Waals surface area (Å²) in [7, 11) is 0. The molecule has 1 aliphatic heterocycles. The summed E-state index contributed by atoms with van der Waals surface area (Å²) in [6.07, 6.45) is 1.70. The van der Waals surface area contributed by atoms with Crippen molar-refractivity contribution in [3.05, 3.63) is 71.9 Å². The lowest BCUT2D eigenvalue weighted by molar-refractivity contribution is 0.0746. The van der Waals surface area contributed by atoms with E-state index in [1.54, 1.807) is 11.1 Å². The number of aromatic nitrogens is 3. The molecule has 0 atom stereocenters. The molecular weight excluding hydrogens is 364 g/mol. The van der Waals surface area contributed by atoms with Crippen LogP contribution in [0.2, 0.25) is 0 Å². The van der Waals surface area contributed by atoms with Crippen molar-refractivity contribution in [2.75, 3.05) is 31.1 Å². The molecule has 1 saturated heterocycles. The number of hydrogen-bond acceptors (Lipinski definition) is 5. The molecule has 2 aromatic heterocycles. The van der Waals surface area contributed by atoms with E-state index in [2.05, 4.69) is 15.2 Å². The molecule has 0 radical (unpaired) electrons. The standard InChI is InChI=1S/C20H17F2N5O/c21-15-5-4-14(13-16(15)22)20(28)27-11-9-26(10-12-27)19-7-6-18(24-25-19)17-3-1-2-8-23-17/h1-8,13H,9-12H2. The van der Waals surface area contributed by atoms with Gasteiger partial charge < -0.3 is 9.80 Å². The minimum Gasteiger partial charge on any atom is -0.352 e. The molecule has 3 heterocycles. The Balaban J connectivity index is 1.40. The van der Waals surface area contributed by atoms with Crippen LogP contribution in [0.15, 0.2) is 54.7 Å². The van der Waals surface area contributed by atoms with Crippen LogP contribution >= 0.6 is 0 Å². The SMILES string of the molecule is O=C(c1ccc(F)c(F)c1)N1CCN(c2ccc(-c3ccccn3)nn2)CC1. The Morgan fingerprint density at radius 2 is 1.68 bits per heavy atom. The fraction of sp³-hybridized carbons (Fsp3) is 0.200. The van der Waals surface area contributed by atoms with Crippen LogP contribution in [0.5, 0.6) is 0 Å². The number of carbonyl (C=O) groups is 1. The summed E-state index contributed by atoms with van der Waals surface area (Å²) in [5, 5.41) is 8.50. The average molecular weight is 381 g/mol. The minimum absolute atomic E-state index is 0.145. The molecule has 0 N–H and O–H groups in total. The monoisotopic (exact) mass is 381 g/mol. The second kappa shape index (κ2) is 7.67. The van der Waals surface area contributed by atoms with Gasteiger partial charge in [0.15, 0.2) is 17.5 Å². The third-order valence-electron chi connectivity index (χ3n) is 4.64. The quantitative estimate of drug-likeness (QED) is 0.698. The Kier molecular flexibility index (Phi) is 4.92. The zero-order valence-electron chi connectivity index (χ0n) is 14.9. The van der Waals surface area contributed by atoms with Crippen LogP contribution in [0, 0.1) is 11.6 Å². The number of halogens is 2. The first-order valence-electron chi connectivity index (χ1n) is 8.86. The van der Waals surface area contributed by atoms with Gasteiger partial charge in [-0.3, -0.25) is 9.78 Å². The fourth-order valence-electron chi connectivity index (χ4n) is 3.10. The molecule has 0 aliphatic carbocycles. The topological polar surface area (TPSA) is 62.2 Å². The zero-order valence-corrected chi connectivity index (χ0v) is 14.9. The van der Waals surface area contributed by atoms with E-state index in [1.165, 1.54) is 6.07 Å². The highest BCUT2D eigenvalue weighted by molar-refractivity contribution is 5.94. The van der Waals surface area contributed by atoms with Crippen molar-refractivity contribution >= 4 is 11.7 Å². The van der Waals surface area contributed by atoms with Crippen molar-refractivity contribution < 1.29 is 13.6 Å². The lowest BCUT2D eigenvalue weighted by Gasteiger charge is -2.35. The van der Waals surface area contributed by atoms with E-state index in [0.29, 0.717) is 31.9 Å². The van der Waals surface area contributed by atoms with Crippen molar-refractivity contribution in [3.63, 3.8) is 0 Å². The van der Waals surface area contributed by atoms with Crippen LogP contribution in [-0.2, 0) is 0 Å². The second-order valence-electron chi connectivity index (χ2n) is 6.40. The van der Waals surface area contributed by atoms with Crippen LogP contribution in [0.1, 0.15) is 10.4 Å². The molecule has 6 nitrogen and oxygen atoms in total. The Morgan fingerprint density at radius 1 is 0.857 bits per heavy atom.